The molecule has 0 amide bonds. The standard InChI is InChI=1S/C20H21N3O2.2ClH/c1-21-13-17-14-23(19(22-17)16-11-7-4-8-12-16)18(20(24)25-2)15-9-5-3-6-10-15;;/h3-12,14,18,21H,13H2,1-2H3;2*1H. The number of esters is 1. The number of hydrogen-bond donors (Lipinski definition) is 1. The first kappa shape index (κ1) is 22.7. The number of aromatic nitrogens is 2. The molecule has 0 fully saturated rings. The molecule has 0 spiro atoms. The van der Waals surface area contributed by atoms with Gasteiger partial charge in [-0.3, -0.25) is 0 Å². The third kappa shape index (κ3) is 5.10. The zero-order chi connectivity index (χ0) is 17.6. The Bertz CT molecular complexity index is 839. The van der Waals surface area contributed by atoms with Crippen molar-refractivity contribution in [1.82, 2.24) is 14.9 Å². The van der Waals surface area contributed by atoms with Crippen molar-refractivity contribution >= 4 is 30.8 Å². The molecule has 144 valence electrons. The lowest BCUT2D eigenvalue weighted by molar-refractivity contribution is -0.143. The molecule has 2 aromatic carbocycles. The summed E-state index contributed by atoms with van der Waals surface area (Å²) >= 11 is 0. The summed E-state index contributed by atoms with van der Waals surface area (Å²) in [4.78, 5) is 17.3. The number of methoxy groups -OCH3 is 1. The summed E-state index contributed by atoms with van der Waals surface area (Å²) in [5, 5.41) is 3.11. The molecule has 1 N–H and O–H groups in total. The Morgan fingerprint density at radius 2 is 1.67 bits per heavy atom. The van der Waals surface area contributed by atoms with Gasteiger partial charge >= 0.3 is 5.97 Å². The summed E-state index contributed by atoms with van der Waals surface area (Å²) < 4.78 is 6.97. The molecule has 27 heavy (non-hydrogen) atoms. The molecule has 0 saturated carbocycles. The molecule has 3 aromatic rings. The number of hydrogen-bond acceptors (Lipinski definition) is 4. The number of benzene rings is 2. The average Bonchev–Trinajstić information content (AvgIpc) is 3.07. The molecular weight excluding hydrogens is 385 g/mol. The molecule has 0 aliphatic carbocycles. The fraction of sp³-hybridized carbons (Fsp3) is 0.200. The highest BCUT2D eigenvalue weighted by atomic mass is 35.5. The van der Waals surface area contributed by atoms with Gasteiger partial charge in [0.05, 0.1) is 12.8 Å². The van der Waals surface area contributed by atoms with Gasteiger partial charge < -0.3 is 14.6 Å². The van der Waals surface area contributed by atoms with Crippen LogP contribution in [0.25, 0.3) is 11.4 Å². The smallest absolute Gasteiger partial charge is 0.333 e. The zero-order valence-corrected chi connectivity index (χ0v) is 16.8. The van der Waals surface area contributed by atoms with Crippen LogP contribution in [0.1, 0.15) is 17.3 Å². The molecule has 3 rings (SSSR count). The van der Waals surface area contributed by atoms with Gasteiger partial charge in [0.2, 0.25) is 0 Å². The van der Waals surface area contributed by atoms with Crippen LogP contribution in [-0.4, -0.2) is 29.7 Å². The number of imidazole rings is 1. The Kier molecular flexibility index (Phi) is 9.02. The van der Waals surface area contributed by atoms with Crippen LogP contribution in [0.2, 0.25) is 0 Å². The highest BCUT2D eigenvalue weighted by Crippen LogP contribution is 2.28. The van der Waals surface area contributed by atoms with E-state index in [1.807, 2.05) is 78.5 Å². The zero-order valence-electron chi connectivity index (χ0n) is 15.2. The molecule has 0 bridgehead atoms. The first-order chi connectivity index (χ1) is 12.2. The van der Waals surface area contributed by atoms with E-state index < -0.39 is 6.04 Å². The fourth-order valence-corrected chi connectivity index (χ4v) is 2.87. The number of rotatable bonds is 6. The first-order valence-corrected chi connectivity index (χ1v) is 8.15. The summed E-state index contributed by atoms with van der Waals surface area (Å²) in [6.07, 6.45) is 1.91. The number of ether oxygens (including phenoxy) is 1. The predicted octanol–water partition coefficient (Wildman–Crippen LogP) is 3.88. The van der Waals surface area contributed by atoms with Crippen LogP contribution < -0.4 is 5.32 Å². The molecule has 1 unspecified atom stereocenters. The predicted molar refractivity (Wildman–Crippen MR) is 112 cm³/mol. The van der Waals surface area contributed by atoms with Crippen molar-refractivity contribution in [2.45, 2.75) is 12.6 Å². The number of nitrogens with zero attached hydrogens (tertiary/aromatic N) is 2. The van der Waals surface area contributed by atoms with E-state index in [1.165, 1.54) is 7.11 Å². The Morgan fingerprint density at radius 1 is 1.07 bits per heavy atom. The van der Waals surface area contributed by atoms with Gasteiger partial charge in [-0.05, 0) is 12.6 Å². The molecule has 7 heteroatoms. The van der Waals surface area contributed by atoms with E-state index in [1.54, 1.807) is 0 Å². The fourth-order valence-electron chi connectivity index (χ4n) is 2.87. The van der Waals surface area contributed by atoms with Crippen LogP contribution in [0, 0.1) is 0 Å². The lowest BCUT2D eigenvalue weighted by atomic mass is 10.1. The van der Waals surface area contributed by atoms with E-state index in [4.69, 9.17) is 9.72 Å². The van der Waals surface area contributed by atoms with Crippen molar-refractivity contribution in [2.75, 3.05) is 14.2 Å². The Morgan fingerprint density at radius 3 is 2.22 bits per heavy atom. The second-order valence-electron chi connectivity index (χ2n) is 5.70. The topological polar surface area (TPSA) is 56.2 Å². The SMILES string of the molecule is CNCc1cn(C(C(=O)OC)c2ccccc2)c(-c2ccccc2)n1.Cl.Cl. The average molecular weight is 408 g/mol. The van der Waals surface area contributed by atoms with E-state index >= 15 is 0 Å². The van der Waals surface area contributed by atoms with Gasteiger partial charge in [-0.15, -0.1) is 24.8 Å². The van der Waals surface area contributed by atoms with Crippen LogP contribution in [-0.2, 0) is 16.1 Å². The minimum absolute atomic E-state index is 0. The maximum absolute atomic E-state index is 12.6. The monoisotopic (exact) mass is 407 g/mol. The van der Waals surface area contributed by atoms with E-state index in [0.717, 1.165) is 22.6 Å². The summed E-state index contributed by atoms with van der Waals surface area (Å²) in [7, 11) is 3.28. The van der Waals surface area contributed by atoms with Crippen molar-refractivity contribution in [2.24, 2.45) is 0 Å². The third-order valence-electron chi connectivity index (χ3n) is 3.99. The minimum atomic E-state index is -0.584. The second kappa shape index (κ2) is 10.7. The first-order valence-electron chi connectivity index (χ1n) is 8.15. The quantitative estimate of drug-likeness (QED) is 0.629. The van der Waals surface area contributed by atoms with Gasteiger partial charge in [-0.2, -0.15) is 0 Å². The molecule has 5 nitrogen and oxygen atoms in total. The Hall–Kier alpha value is -2.34. The second-order valence-corrected chi connectivity index (χ2v) is 5.70. The molecule has 1 atom stereocenters. The summed E-state index contributed by atoms with van der Waals surface area (Å²) in [6, 6.07) is 18.9. The highest BCUT2D eigenvalue weighted by molar-refractivity contribution is 5.85. The molecule has 0 radical (unpaired) electrons. The Labute approximate surface area is 171 Å². The maximum atomic E-state index is 12.6. The molecule has 0 aliphatic rings. The lowest BCUT2D eigenvalue weighted by Gasteiger charge is -2.19. The van der Waals surface area contributed by atoms with Gasteiger partial charge in [0.15, 0.2) is 6.04 Å². The van der Waals surface area contributed by atoms with Gasteiger partial charge in [0.25, 0.3) is 0 Å². The van der Waals surface area contributed by atoms with E-state index in [0.29, 0.717) is 6.54 Å². The van der Waals surface area contributed by atoms with Crippen molar-refractivity contribution < 1.29 is 9.53 Å². The van der Waals surface area contributed by atoms with Crippen LogP contribution in [0.5, 0.6) is 0 Å². The summed E-state index contributed by atoms with van der Waals surface area (Å²) in [5.74, 6) is 0.418. The molecule has 0 aliphatic heterocycles. The van der Waals surface area contributed by atoms with Crippen molar-refractivity contribution in [3.05, 3.63) is 78.1 Å². The van der Waals surface area contributed by atoms with Gasteiger partial charge in [-0.25, -0.2) is 9.78 Å². The normalized spacial score (nSPS) is 11.0. The van der Waals surface area contributed by atoms with Crippen molar-refractivity contribution in [1.29, 1.82) is 0 Å². The lowest BCUT2D eigenvalue weighted by Crippen LogP contribution is -2.22. The van der Waals surface area contributed by atoms with Crippen LogP contribution >= 0.6 is 24.8 Å². The molecule has 1 heterocycles. The van der Waals surface area contributed by atoms with Gasteiger partial charge in [0.1, 0.15) is 5.82 Å². The van der Waals surface area contributed by atoms with Crippen LogP contribution in [0.3, 0.4) is 0 Å². The minimum Gasteiger partial charge on any atom is -0.467 e. The Balaban J connectivity index is 0.00000182. The highest BCUT2D eigenvalue weighted by Gasteiger charge is 2.27. The molecule has 0 saturated heterocycles. The van der Waals surface area contributed by atoms with Crippen LogP contribution in [0.15, 0.2) is 66.9 Å². The third-order valence-corrected chi connectivity index (χ3v) is 3.99. The van der Waals surface area contributed by atoms with E-state index in [2.05, 4.69) is 5.32 Å². The summed E-state index contributed by atoms with van der Waals surface area (Å²) in [6.45, 7) is 0.621. The number of nitrogens with one attached hydrogen (secondary N) is 1. The maximum Gasteiger partial charge on any atom is 0.333 e. The van der Waals surface area contributed by atoms with Gasteiger partial charge in [0, 0.05) is 18.3 Å². The van der Waals surface area contributed by atoms with Gasteiger partial charge in [-0.1, -0.05) is 60.7 Å². The number of carbonyl (C=O) groups excluding carboxylic acids is 1. The summed E-state index contributed by atoms with van der Waals surface area (Å²) in [5.41, 5.74) is 2.68. The van der Waals surface area contributed by atoms with Crippen molar-refractivity contribution in [3.63, 3.8) is 0 Å². The number of halogens is 2. The van der Waals surface area contributed by atoms with Crippen molar-refractivity contribution in [3.8, 4) is 11.4 Å². The van der Waals surface area contributed by atoms with E-state index in [9.17, 15) is 4.79 Å². The number of carbonyl (C=O) groups is 1. The van der Waals surface area contributed by atoms with Crippen LogP contribution in [0.4, 0.5) is 0 Å². The van der Waals surface area contributed by atoms with E-state index in [-0.39, 0.29) is 30.8 Å². The molecular formula is C20H23Cl2N3O2. The largest absolute Gasteiger partial charge is 0.467 e. The molecule has 1 aromatic heterocycles.